The zero-order chi connectivity index (χ0) is 30.4. The van der Waals surface area contributed by atoms with E-state index >= 15 is 0 Å². The van der Waals surface area contributed by atoms with Crippen LogP contribution in [0.5, 0.6) is 11.5 Å². The second-order valence-electron chi connectivity index (χ2n) is 10.5. The number of methoxy groups -OCH3 is 1. The fraction of sp³-hybridized carbons (Fsp3) is 0.344. The maximum Gasteiger partial charge on any atom is 0.416 e. The maximum atomic E-state index is 13.2. The van der Waals surface area contributed by atoms with Crippen molar-refractivity contribution in [3.05, 3.63) is 83.7 Å². The van der Waals surface area contributed by atoms with Gasteiger partial charge in [-0.1, -0.05) is 30.3 Å². The summed E-state index contributed by atoms with van der Waals surface area (Å²) in [6.07, 6.45) is -2.09. The molecule has 4 aromatic rings. The third-order valence-corrected chi connectivity index (χ3v) is 7.55. The van der Waals surface area contributed by atoms with Crippen molar-refractivity contribution in [1.82, 2.24) is 25.1 Å². The van der Waals surface area contributed by atoms with Gasteiger partial charge in [0.1, 0.15) is 6.33 Å². The predicted octanol–water partition coefficient (Wildman–Crippen LogP) is 5.27. The van der Waals surface area contributed by atoms with E-state index in [1.165, 1.54) is 18.5 Å². The average molecular weight is 594 g/mol. The van der Waals surface area contributed by atoms with Crippen LogP contribution in [0.4, 0.5) is 13.2 Å². The van der Waals surface area contributed by atoms with Gasteiger partial charge < -0.3 is 24.6 Å². The molecule has 0 atom stereocenters. The SMILES string of the molecule is COc1cc2c(-c3ccccc3C(=O)NCc3ccc(C(F)(F)F)cc3)ncnc2cc1OCCCN1CCN(C)CC1. The Labute approximate surface area is 248 Å². The first-order valence-corrected chi connectivity index (χ1v) is 14.1. The number of carbonyl (C=O) groups is 1. The summed E-state index contributed by atoms with van der Waals surface area (Å²) in [6.45, 7) is 5.84. The molecular weight excluding hydrogens is 559 g/mol. The van der Waals surface area contributed by atoms with E-state index < -0.39 is 11.7 Å². The summed E-state index contributed by atoms with van der Waals surface area (Å²) < 4.78 is 50.4. The van der Waals surface area contributed by atoms with Crippen LogP contribution >= 0.6 is 0 Å². The van der Waals surface area contributed by atoms with Crippen molar-refractivity contribution in [2.75, 3.05) is 53.5 Å². The van der Waals surface area contributed by atoms with E-state index in [0.29, 0.717) is 51.4 Å². The standard InChI is InChI=1S/C32H34F3N5O3/c1-39-13-15-40(16-14-39)12-5-17-43-29-19-27-26(18-28(29)42-2)30(38-21-37-27)24-6-3-4-7-25(24)31(41)36-20-22-8-10-23(11-9-22)32(33,34)35/h3-4,6-11,18-19,21H,5,12-17,20H2,1-2H3,(H,36,41). The molecule has 1 fully saturated rings. The van der Waals surface area contributed by atoms with Crippen molar-refractivity contribution >= 4 is 16.8 Å². The van der Waals surface area contributed by atoms with Crippen LogP contribution in [0.2, 0.25) is 0 Å². The molecule has 1 amide bonds. The fourth-order valence-electron chi connectivity index (χ4n) is 5.07. The van der Waals surface area contributed by atoms with Gasteiger partial charge in [-0.2, -0.15) is 13.2 Å². The molecule has 1 aliphatic heterocycles. The Kier molecular flexibility index (Phi) is 9.42. The number of amides is 1. The summed E-state index contributed by atoms with van der Waals surface area (Å²) in [5.74, 6) is 0.738. The van der Waals surface area contributed by atoms with Gasteiger partial charge in [-0.25, -0.2) is 9.97 Å². The number of fused-ring (bicyclic) bond motifs is 1. The predicted molar refractivity (Wildman–Crippen MR) is 158 cm³/mol. The molecule has 1 aromatic heterocycles. The van der Waals surface area contributed by atoms with Crippen molar-refractivity contribution in [3.8, 4) is 22.8 Å². The number of aromatic nitrogens is 2. The second-order valence-corrected chi connectivity index (χ2v) is 10.5. The van der Waals surface area contributed by atoms with Gasteiger partial charge in [-0.05, 0) is 43.3 Å². The van der Waals surface area contributed by atoms with Crippen molar-refractivity contribution in [1.29, 1.82) is 0 Å². The highest BCUT2D eigenvalue weighted by Gasteiger charge is 2.30. The van der Waals surface area contributed by atoms with E-state index in [1.807, 2.05) is 18.2 Å². The third kappa shape index (κ3) is 7.41. The molecule has 43 heavy (non-hydrogen) atoms. The molecule has 2 heterocycles. The topological polar surface area (TPSA) is 79.8 Å². The zero-order valence-electron chi connectivity index (χ0n) is 24.2. The normalized spacial score (nSPS) is 14.5. The summed E-state index contributed by atoms with van der Waals surface area (Å²) in [6, 6.07) is 15.4. The second kappa shape index (κ2) is 13.4. The molecule has 0 aliphatic carbocycles. The van der Waals surface area contributed by atoms with E-state index in [4.69, 9.17) is 9.47 Å². The Morgan fingerprint density at radius 3 is 2.44 bits per heavy atom. The van der Waals surface area contributed by atoms with E-state index in [0.717, 1.165) is 51.3 Å². The molecule has 0 spiro atoms. The number of rotatable bonds is 10. The lowest BCUT2D eigenvalue weighted by Gasteiger charge is -2.32. The molecule has 0 unspecified atom stereocenters. The maximum absolute atomic E-state index is 13.2. The summed E-state index contributed by atoms with van der Waals surface area (Å²) >= 11 is 0. The van der Waals surface area contributed by atoms with Crippen molar-refractivity contribution in [2.24, 2.45) is 0 Å². The Balaban J connectivity index is 1.31. The summed E-state index contributed by atoms with van der Waals surface area (Å²) in [7, 11) is 3.71. The highest BCUT2D eigenvalue weighted by Crippen LogP contribution is 2.36. The van der Waals surface area contributed by atoms with Gasteiger partial charge in [0, 0.05) is 61.8 Å². The molecular formula is C32H34F3N5O3. The van der Waals surface area contributed by atoms with Crippen LogP contribution in [0.1, 0.15) is 27.9 Å². The van der Waals surface area contributed by atoms with E-state index in [2.05, 4.69) is 32.1 Å². The third-order valence-electron chi connectivity index (χ3n) is 7.55. The lowest BCUT2D eigenvalue weighted by Crippen LogP contribution is -2.44. The molecule has 226 valence electrons. The van der Waals surface area contributed by atoms with Gasteiger partial charge in [0.25, 0.3) is 5.91 Å². The summed E-state index contributed by atoms with van der Waals surface area (Å²) in [5, 5.41) is 3.49. The minimum absolute atomic E-state index is 0.0686. The number of hydrogen-bond donors (Lipinski definition) is 1. The van der Waals surface area contributed by atoms with Gasteiger partial charge >= 0.3 is 6.18 Å². The number of halogens is 3. The van der Waals surface area contributed by atoms with E-state index in [-0.39, 0.29) is 12.5 Å². The Bertz CT molecular complexity index is 1550. The highest BCUT2D eigenvalue weighted by atomic mass is 19.4. The van der Waals surface area contributed by atoms with Crippen LogP contribution in [-0.4, -0.2) is 79.2 Å². The lowest BCUT2D eigenvalue weighted by atomic mass is 10.00. The van der Waals surface area contributed by atoms with Crippen molar-refractivity contribution < 1.29 is 27.4 Å². The number of benzene rings is 3. The molecule has 1 aliphatic rings. The van der Waals surface area contributed by atoms with Crippen molar-refractivity contribution in [2.45, 2.75) is 19.1 Å². The lowest BCUT2D eigenvalue weighted by molar-refractivity contribution is -0.137. The van der Waals surface area contributed by atoms with E-state index in [9.17, 15) is 18.0 Å². The van der Waals surface area contributed by atoms with Crippen LogP contribution in [0, 0.1) is 0 Å². The van der Waals surface area contributed by atoms with Gasteiger partial charge in [-0.3, -0.25) is 4.79 Å². The monoisotopic (exact) mass is 593 g/mol. The van der Waals surface area contributed by atoms with Crippen LogP contribution in [0.25, 0.3) is 22.2 Å². The molecule has 11 heteroatoms. The molecule has 8 nitrogen and oxygen atoms in total. The quantitative estimate of drug-likeness (QED) is 0.251. The molecule has 0 saturated carbocycles. The fourth-order valence-corrected chi connectivity index (χ4v) is 5.07. The average Bonchev–Trinajstić information content (AvgIpc) is 3.02. The zero-order valence-corrected chi connectivity index (χ0v) is 24.2. The first kappa shape index (κ1) is 30.2. The first-order chi connectivity index (χ1) is 20.7. The van der Waals surface area contributed by atoms with Gasteiger partial charge in [-0.15, -0.1) is 0 Å². The first-order valence-electron chi connectivity index (χ1n) is 14.1. The molecule has 1 N–H and O–H groups in total. The minimum atomic E-state index is -4.42. The number of ether oxygens (including phenoxy) is 2. The van der Waals surface area contributed by atoms with Crippen LogP contribution in [0.3, 0.4) is 0 Å². The summed E-state index contributed by atoms with van der Waals surface area (Å²) in [4.78, 5) is 27.0. The molecule has 0 radical (unpaired) electrons. The largest absolute Gasteiger partial charge is 0.493 e. The Morgan fingerprint density at radius 2 is 1.72 bits per heavy atom. The minimum Gasteiger partial charge on any atom is -0.493 e. The van der Waals surface area contributed by atoms with E-state index in [1.54, 1.807) is 25.3 Å². The Hall–Kier alpha value is -4.22. The van der Waals surface area contributed by atoms with Crippen molar-refractivity contribution in [3.63, 3.8) is 0 Å². The number of hydrogen-bond acceptors (Lipinski definition) is 7. The number of nitrogens with one attached hydrogen (secondary N) is 1. The number of carbonyl (C=O) groups excluding carboxylic acids is 1. The smallest absolute Gasteiger partial charge is 0.416 e. The van der Waals surface area contributed by atoms with Gasteiger partial charge in [0.15, 0.2) is 11.5 Å². The van der Waals surface area contributed by atoms with Gasteiger partial charge in [0.05, 0.1) is 30.5 Å². The summed E-state index contributed by atoms with van der Waals surface area (Å²) in [5.41, 5.74) is 1.95. The molecule has 5 rings (SSSR count). The highest BCUT2D eigenvalue weighted by molar-refractivity contribution is 6.04. The van der Waals surface area contributed by atoms with Crippen LogP contribution < -0.4 is 14.8 Å². The molecule has 3 aromatic carbocycles. The number of piperazine rings is 1. The molecule has 1 saturated heterocycles. The Morgan fingerprint density at radius 1 is 0.977 bits per heavy atom. The van der Waals surface area contributed by atoms with Crippen LogP contribution in [-0.2, 0) is 12.7 Å². The van der Waals surface area contributed by atoms with Crippen LogP contribution in [0.15, 0.2) is 67.0 Å². The molecule has 0 bridgehead atoms. The number of nitrogens with zero attached hydrogens (tertiary/aromatic N) is 4. The van der Waals surface area contributed by atoms with Gasteiger partial charge in [0.2, 0.25) is 0 Å². The number of alkyl halides is 3. The number of likely N-dealkylation sites (N-methyl/N-ethyl adjacent to an activating group) is 1.